The molecule has 0 saturated heterocycles. The summed E-state index contributed by atoms with van der Waals surface area (Å²) in [5.41, 5.74) is 12.9. The normalized spacial score (nSPS) is 10.7. The number of hydrogen-bond donors (Lipinski definition) is 2. The summed E-state index contributed by atoms with van der Waals surface area (Å²) < 4.78 is 1.66. The van der Waals surface area contributed by atoms with Gasteiger partial charge in [0.05, 0.1) is 16.8 Å². The van der Waals surface area contributed by atoms with E-state index in [9.17, 15) is 9.59 Å². The molecule has 2 amide bonds. The predicted octanol–water partition coefficient (Wildman–Crippen LogP) is 1.83. The predicted molar refractivity (Wildman–Crippen MR) is 80.3 cm³/mol. The van der Waals surface area contributed by atoms with Crippen molar-refractivity contribution in [3.63, 3.8) is 0 Å². The number of hydrogen-bond acceptors (Lipinski definition) is 2. The van der Waals surface area contributed by atoms with Crippen LogP contribution >= 0.6 is 0 Å². The van der Waals surface area contributed by atoms with E-state index in [1.165, 1.54) is 0 Å². The van der Waals surface area contributed by atoms with Gasteiger partial charge in [-0.05, 0) is 24.3 Å². The van der Waals surface area contributed by atoms with Crippen molar-refractivity contribution in [2.45, 2.75) is 0 Å². The third-order valence-corrected chi connectivity index (χ3v) is 3.37. The van der Waals surface area contributed by atoms with Crippen molar-refractivity contribution in [2.24, 2.45) is 11.5 Å². The zero-order valence-electron chi connectivity index (χ0n) is 11.1. The van der Waals surface area contributed by atoms with Crippen LogP contribution in [0.5, 0.6) is 0 Å². The lowest BCUT2D eigenvalue weighted by Gasteiger charge is -2.12. The fourth-order valence-corrected chi connectivity index (χ4v) is 2.47. The molecule has 1 aromatic heterocycles. The van der Waals surface area contributed by atoms with E-state index in [1.807, 2.05) is 24.3 Å². The number of benzene rings is 2. The Morgan fingerprint density at radius 2 is 1.52 bits per heavy atom. The Bertz CT molecular complexity index is 865. The summed E-state index contributed by atoms with van der Waals surface area (Å²) in [4.78, 5) is 23.4. The van der Waals surface area contributed by atoms with Crippen molar-refractivity contribution >= 4 is 22.7 Å². The van der Waals surface area contributed by atoms with Crippen molar-refractivity contribution in [1.82, 2.24) is 4.57 Å². The van der Waals surface area contributed by atoms with Gasteiger partial charge in [0.25, 0.3) is 11.8 Å². The van der Waals surface area contributed by atoms with E-state index in [1.54, 1.807) is 34.9 Å². The molecule has 4 N–H and O–H groups in total. The fourth-order valence-electron chi connectivity index (χ4n) is 2.47. The maximum Gasteiger partial charge on any atom is 0.265 e. The summed E-state index contributed by atoms with van der Waals surface area (Å²) in [6.45, 7) is 0. The number of aromatic nitrogens is 1. The van der Waals surface area contributed by atoms with Crippen molar-refractivity contribution < 1.29 is 9.59 Å². The molecule has 0 fully saturated rings. The summed E-state index contributed by atoms with van der Waals surface area (Å²) in [7, 11) is 0. The van der Waals surface area contributed by atoms with Gasteiger partial charge >= 0.3 is 0 Å². The maximum atomic E-state index is 11.7. The zero-order valence-corrected chi connectivity index (χ0v) is 11.1. The van der Waals surface area contributed by atoms with E-state index >= 15 is 0 Å². The van der Waals surface area contributed by atoms with E-state index in [-0.39, 0.29) is 0 Å². The second-order valence-corrected chi connectivity index (χ2v) is 4.67. The van der Waals surface area contributed by atoms with Gasteiger partial charge in [-0.2, -0.15) is 0 Å². The Morgan fingerprint density at radius 3 is 2.24 bits per heavy atom. The molecule has 5 heteroatoms. The first-order valence-electron chi connectivity index (χ1n) is 6.39. The number of carbonyl (C=O) groups is 2. The number of nitrogens with zero attached hydrogens (tertiary/aromatic N) is 1. The number of amides is 2. The second kappa shape index (κ2) is 4.79. The first kappa shape index (κ1) is 12.9. The molecule has 0 saturated carbocycles. The average molecular weight is 279 g/mol. The smallest absolute Gasteiger partial charge is 0.265 e. The van der Waals surface area contributed by atoms with Gasteiger partial charge in [0.2, 0.25) is 0 Å². The quantitative estimate of drug-likeness (QED) is 0.765. The number of nitrogens with two attached hydrogens (primary N) is 2. The number of rotatable bonds is 3. The van der Waals surface area contributed by atoms with Crippen LogP contribution in [0.4, 0.5) is 0 Å². The monoisotopic (exact) mass is 279 g/mol. The van der Waals surface area contributed by atoms with Gasteiger partial charge in [-0.15, -0.1) is 0 Å². The van der Waals surface area contributed by atoms with Crippen LogP contribution in [0.25, 0.3) is 16.6 Å². The molecule has 0 radical (unpaired) electrons. The average Bonchev–Trinajstić information content (AvgIpc) is 2.86. The van der Waals surface area contributed by atoms with Crippen molar-refractivity contribution in [3.8, 4) is 5.69 Å². The minimum absolute atomic E-state index is 0.310. The van der Waals surface area contributed by atoms with Gasteiger partial charge < -0.3 is 16.0 Å². The summed E-state index contributed by atoms with van der Waals surface area (Å²) in [6, 6.07) is 16.0. The summed E-state index contributed by atoms with van der Waals surface area (Å²) in [5.74, 6) is -1.12. The highest BCUT2D eigenvalue weighted by Gasteiger charge is 2.18. The largest absolute Gasteiger partial charge is 0.366 e. The van der Waals surface area contributed by atoms with Crippen LogP contribution in [0.3, 0.4) is 0 Å². The first-order valence-corrected chi connectivity index (χ1v) is 6.39. The van der Waals surface area contributed by atoms with Gasteiger partial charge in [-0.1, -0.05) is 30.3 Å². The molecule has 2 aromatic carbocycles. The van der Waals surface area contributed by atoms with Crippen LogP contribution in [-0.4, -0.2) is 16.4 Å². The molecule has 3 aromatic rings. The van der Waals surface area contributed by atoms with E-state index in [2.05, 4.69) is 0 Å². The van der Waals surface area contributed by atoms with Gasteiger partial charge in [-0.25, -0.2) is 0 Å². The Morgan fingerprint density at radius 1 is 0.857 bits per heavy atom. The van der Waals surface area contributed by atoms with Crippen molar-refractivity contribution in [1.29, 1.82) is 0 Å². The summed E-state index contributed by atoms with van der Waals surface area (Å²) >= 11 is 0. The molecule has 104 valence electrons. The number of carbonyl (C=O) groups excluding carboxylic acids is 2. The maximum absolute atomic E-state index is 11.7. The lowest BCUT2D eigenvalue weighted by Crippen LogP contribution is -2.19. The molecule has 0 atom stereocenters. The van der Waals surface area contributed by atoms with Gasteiger partial charge in [0, 0.05) is 5.39 Å². The van der Waals surface area contributed by atoms with E-state index in [4.69, 9.17) is 11.5 Å². The number of primary amides is 2. The molecule has 21 heavy (non-hydrogen) atoms. The Kier molecular flexibility index (Phi) is 2.95. The molecule has 3 rings (SSSR count). The van der Waals surface area contributed by atoms with Crippen LogP contribution in [0, 0.1) is 0 Å². The minimum atomic E-state index is -0.564. The first-order chi connectivity index (χ1) is 10.1. The number of para-hydroxylation sites is 2. The van der Waals surface area contributed by atoms with Gasteiger partial charge in [0.1, 0.15) is 5.69 Å². The van der Waals surface area contributed by atoms with Crippen LogP contribution in [-0.2, 0) is 0 Å². The molecule has 5 nitrogen and oxygen atoms in total. The van der Waals surface area contributed by atoms with E-state index in [0.717, 1.165) is 10.9 Å². The number of fused-ring (bicyclic) bond motifs is 1. The molecule has 0 bridgehead atoms. The SMILES string of the molecule is NC(=O)c1ccccc1-n1c(C(N)=O)cc2ccccc21. The highest BCUT2D eigenvalue weighted by molar-refractivity contribution is 6.02. The zero-order chi connectivity index (χ0) is 15.0. The topological polar surface area (TPSA) is 91.1 Å². The molecule has 0 aliphatic heterocycles. The van der Waals surface area contributed by atoms with E-state index in [0.29, 0.717) is 16.9 Å². The molecule has 0 aliphatic carbocycles. The van der Waals surface area contributed by atoms with Crippen molar-refractivity contribution in [2.75, 3.05) is 0 Å². The standard InChI is InChI=1S/C16H13N3O2/c17-15(20)11-6-2-4-8-13(11)19-12-7-3-1-5-10(12)9-14(19)16(18)21/h1-9H,(H2,17,20)(H2,18,21). The second-order valence-electron chi connectivity index (χ2n) is 4.67. The van der Waals surface area contributed by atoms with E-state index < -0.39 is 11.8 Å². The molecular formula is C16H13N3O2. The van der Waals surface area contributed by atoms with Crippen molar-refractivity contribution in [3.05, 3.63) is 65.9 Å². The Balaban J connectivity index is 2.42. The summed E-state index contributed by atoms with van der Waals surface area (Å²) in [6.07, 6.45) is 0. The fraction of sp³-hybridized carbons (Fsp3) is 0. The lowest BCUT2D eigenvalue weighted by molar-refractivity contribution is 0.0984. The highest BCUT2D eigenvalue weighted by Crippen LogP contribution is 2.26. The Labute approximate surface area is 120 Å². The van der Waals surface area contributed by atoms with Crippen LogP contribution < -0.4 is 11.5 Å². The molecular weight excluding hydrogens is 266 g/mol. The van der Waals surface area contributed by atoms with Crippen LogP contribution in [0.2, 0.25) is 0 Å². The highest BCUT2D eigenvalue weighted by atomic mass is 16.1. The summed E-state index contributed by atoms with van der Waals surface area (Å²) in [5, 5.41) is 0.866. The molecule has 1 heterocycles. The van der Waals surface area contributed by atoms with Gasteiger partial charge in [0.15, 0.2) is 0 Å². The molecule has 0 spiro atoms. The molecule has 0 unspecified atom stereocenters. The van der Waals surface area contributed by atoms with Crippen LogP contribution in [0.15, 0.2) is 54.6 Å². The third kappa shape index (κ3) is 2.04. The lowest BCUT2D eigenvalue weighted by atomic mass is 10.1. The van der Waals surface area contributed by atoms with Crippen LogP contribution in [0.1, 0.15) is 20.8 Å². The third-order valence-electron chi connectivity index (χ3n) is 3.37. The molecule has 0 aliphatic rings. The Hall–Kier alpha value is -3.08. The minimum Gasteiger partial charge on any atom is -0.366 e. The van der Waals surface area contributed by atoms with Gasteiger partial charge in [-0.3, -0.25) is 9.59 Å².